The topological polar surface area (TPSA) is 66.4 Å². The maximum Gasteiger partial charge on any atom is 0.269 e. The number of thioether (sulfide) groups is 1. The number of amides is 1. The van der Waals surface area contributed by atoms with E-state index in [1.807, 2.05) is 36.4 Å². The van der Waals surface area contributed by atoms with Gasteiger partial charge < -0.3 is 0 Å². The van der Waals surface area contributed by atoms with Crippen molar-refractivity contribution in [2.24, 2.45) is 4.99 Å². The number of rotatable bonds is 2. The smallest absolute Gasteiger partial charge is 0.269 e. The number of amidine groups is 1. The Balaban J connectivity index is 1.57. The first-order valence-corrected chi connectivity index (χ1v) is 9.52. The molecule has 1 aromatic heterocycles. The van der Waals surface area contributed by atoms with E-state index in [1.165, 1.54) is 5.56 Å². The minimum absolute atomic E-state index is 0.207. The Morgan fingerprint density at radius 1 is 0.963 bits per heavy atom. The summed E-state index contributed by atoms with van der Waals surface area (Å²) in [4.78, 5) is 22.1. The van der Waals surface area contributed by atoms with Crippen LogP contribution in [0.4, 0.5) is 5.69 Å². The molecule has 0 radical (unpaired) electrons. The van der Waals surface area contributed by atoms with Crippen molar-refractivity contribution in [2.75, 3.05) is 0 Å². The molecule has 1 amide bonds. The van der Waals surface area contributed by atoms with Gasteiger partial charge >= 0.3 is 0 Å². The molecule has 27 heavy (non-hydrogen) atoms. The predicted molar refractivity (Wildman–Crippen MR) is 108 cm³/mol. The van der Waals surface area contributed by atoms with Crippen LogP contribution in [-0.4, -0.2) is 16.7 Å². The lowest BCUT2D eigenvalue weighted by atomic mass is 10.1. The fourth-order valence-electron chi connectivity index (χ4n) is 2.85. The number of hydrogen-bond acceptors (Lipinski definition) is 5. The Kier molecular flexibility index (Phi) is 5.16. The Bertz CT molecular complexity index is 960. The van der Waals surface area contributed by atoms with Gasteiger partial charge in [0.15, 0.2) is 0 Å². The third-order valence-electron chi connectivity index (χ3n) is 4.20. The van der Waals surface area contributed by atoms with Crippen LogP contribution >= 0.6 is 11.8 Å². The Morgan fingerprint density at radius 2 is 1.70 bits per heavy atom. The van der Waals surface area contributed by atoms with E-state index in [-0.39, 0.29) is 11.2 Å². The van der Waals surface area contributed by atoms with Crippen LogP contribution in [0.15, 0.2) is 89.0 Å². The third-order valence-corrected chi connectivity index (χ3v) is 5.53. The minimum Gasteiger partial charge on any atom is -0.285 e. The van der Waals surface area contributed by atoms with Gasteiger partial charge in [-0.3, -0.25) is 20.6 Å². The van der Waals surface area contributed by atoms with Gasteiger partial charge in [-0.05, 0) is 29.8 Å². The second-order valence-electron chi connectivity index (χ2n) is 6.06. The van der Waals surface area contributed by atoms with Gasteiger partial charge in [-0.1, -0.05) is 42.5 Å². The summed E-state index contributed by atoms with van der Waals surface area (Å²) in [6, 6.07) is 21.8. The molecule has 0 aliphatic carbocycles. The largest absolute Gasteiger partial charge is 0.285 e. The number of fused-ring (bicyclic) bond motifs is 1. The fourth-order valence-corrected chi connectivity index (χ4v) is 4.08. The summed E-state index contributed by atoms with van der Waals surface area (Å²) >= 11 is 1.79. The lowest BCUT2D eigenvalue weighted by molar-refractivity contribution is 0.0943. The minimum atomic E-state index is -0.221. The van der Waals surface area contributed by atoms with E-state index in [4.69, 9.17) is 4.99 Å². The molecule has 2 N–H and O–H groups in total. The first-order chi connectivity index (χ1) is 13.3. The maximum atomic E-state index is 12.3. The van der Waals surface area contributed by atoms with Crippen molar-refractivity contribution in [2.45, 2.75) is 16.6 Å². The van der Waals surface area contributed by atoms with E-state index in [2.05, 4.69) is 34.0 Å². The quantitative estimate of drug-likeness (QED) is 0.657. The van der Waals surface area contributed by atoms with E-state index < -0.39 is 0 Å². The first-order valence-electron chi connectivity index (χ1n) is 8.64. The van der Waals surface area contributed by atoms with Gasteiger partial charge in [0, 0.05) is 34.5 Å². The van der Waals surface area contributed by atoms with Gasteiger partial charge in [0.25, 0.3) is 5.91 Å². The molecule has 1 atom stereocenters. The maximum absolute atomic E-state index is 12.3. The van der Waals surface area contributed by atoms with Gasteiger partial charge in [-0.15, -0.1) is 11.8 Å². The summed E-state index contributed by atoms with van der Waals surface area (Å²) in [6.45, 7) is 0. The van der Waals surface area contributed by atoms with Crippen molar-refractivity contribution in [3.05, 3.63) is 90.3 Å². The molecule has 1 aliphatic heterocycles. The second-order valence-corrected chi connectivity index (χ2v) is 7.31. The van der Waals surface area contributed by atoms with Crippen molar-refractivity contribution >= 4 is 29.2 Å². The van der Waals surface area contributed by atoms with E-state index in [9.17, 15) is 4.79 Å². The number of hydrogen-bond donors (Lipinski definition) is 2. The first kappa shape index (κ1) is 17.3. The highest BCUT2D eigenvalue weighted by atomic mass is 32.2. The van der Waals surface area contributed by atoms with Crippen LogP contribution in [0.5, 0.6) is 0 Å². The average Bonchev–Trinajstić information content (AvgIpc) is 2.92. The molecule has 3 aromatic rings. The molecule has 2 heterocycles. The highest BCUT2D eigenvalue weighted by Crippen LogP contribution is 2.44. The molecular weight excluding hydrogens is 356 g/mol. The monoisotopic (exact) mass is 374 g/mol. The van der Waals surface area contributed by atoms with Crippen LogP contribution in [0.1, 0.15) is 27.6 Å². The molecule has 0 bridgehead atoms. The lowest BCUT2D eigenvalue weighted by Gasteiger charge is -2.17. The molecule has 0 spiro atoms. The number of carbonyl (C=O) groups excluding carboxylic acids is 1. The average molecular weight is 374 g/mol. The molecule has 1 unspecified atom stereocenters. The summed E-state index contributed by atoms with van der Waals surface area (Å²) in [5.41, 5.74) is 8.44. The molecule has 1 aliphatic rings. The zero-order valence-corrected chi connectivity index (χ0v) is 15.3. The summed E-state index contributed by atoms with van der Waals surface area (Å²) in [5, 5.41) is 0.207. The van der Waals surface area contributed by atoms with E-state index >= 15 is 0 Å². The summed E-state index contributed by atoms with van der Waals surface area (Å²) in [5.74, 6) is 0.505. The number of carbonyl (C=O) groups is 1. The van der Waals surface area contributed by atoms with Crippen molar-refractivity contribution in [1.29, 1.82) is 0 Å². The zero-order valence-electron chi connectivity index (χ0n) is 14.5. The highest BCUT2D eigenvalue weighted by molar-refractivity contribution is 7.99. The summed E-state index contributed by atoms with van der Waals surface area (Å²) in [6.07, 6.45) is 3.87. The lowest BCUT2D eigenvalue weighted by Crippen LogP contribution is -2.41. The highest BCUT2D eigenvalue weighted by Gasteiger charge is 2.21. The molecule has 0 fully saturated rings. The van der Waals surface area contributed by atoms with E-state index in [1.54, 1.807) is 36.3 Å². The zero-order chi connectivity index (χ0) is 18.5. The van der Waals surface area contributed by atoms with Crippen molar-refractivity contribution in [1.82, 2.24) is 15.8 Å². The van der Waals surface area contributed by atoms with Crippen LogP contribution in [0.25, 0.3) is 0 Å². The SMILES string of the molecule is O=C(NNC1=Nc2ccccc2SC(c2ccccc2)C1)c1ccncc1. The molecule has 6 heteroatoms. The number of hydrazine groups is 1. The number of benzene rings is 2. The number of pyridine rings is 1. The van der Waals surface area contributed by atoms with Gasteiger partial charge in [0.1, 0.15) is 5.84 Å². The second kappa shape index (κ2) is 8.05. The van der Waals surface area contributed by atoms with Crippen molar-refractivity contribution in [3.63, 3.8) is 0 Å². The molecule has 2 aromatic carbocycles. The standard InChI is InChI=1S/C21H18N4OS/c26-21(16-10-12-22-13-11-16)25-24-20-14-19(15-6-2-1-3-7-15)27-18-9-5-4-8-17(18)23-20/h1-13,19H,14H2,(H,23,24)(H,25,26). The molecule has 5 nitrogen and oxygen atoms in total. The van der Waals surface area contributed by atoms with Gasteiger partial charge in [-0.25, -0.2) is 4.99 Å². The number of nitrogens with one attached hydrogen (secondary N) is 2. The summed E-state index contributed by atoms with van der Waals surface area (Å²) in [7, 11) is 0. The Labute approximate surface area is 161 Å². The van der Waals surface area contributed by atoms with E-state index in [0.29, 0.717) is 12.0 Å². The Morgan fingerprint density at radius 3 is 2.52 bits per heavy atom. The normalized spacial score (nSPS) is 15.9. The molecule has 4 rings (SSSR count). The summed E-state index contributed by atoms with van der Waals surface area (Å²) < 4.78 is 0. The number of aliphatic imine (C=N–C) groups is 1. The Hall–Kier alpha value is -3.12. The van der Waals surface area contributed by atoms with Crippen LogP contribution in [0.3, 0.4) is 0 Å². The molecule has 134 valence electrons. The molecular formula is C21H18N4OS. The predicted octanol–water partition coefficient (Wildman–Crippen LogP) is 4.28. The van der Waals surface area contributed by atoms with Gasteiger partial charge in [-0.2, -0.15) is 0 Å². The van der Waals surface area contributed by atoms with Crippen molar-refractivity contribution < 1.29 is 4.79 Å². The fraction of sp³-hybridized carbons (Fsp3) is 0.0952. The van der Waals surface area contributed by atoms with Crippen LogP contribution < -0.4 is 10.9 Å². The van der Waals surface area contributed by atoms with Gasteiger partial charge in [0.05, 0.1) is 5.69 Å². The van der Waals surface area contributed by atoms with Crippen LogP contribution in [0.2, 0.25) is 0 Å². The van der Waals surface area contributed by atoms with Gasteiger partial charge in [0.2, 0.25) is 0 Å². The van der Waals surface area contributed by atoms with Crippen molar-refractivity contribution in [3.8, 4) is 0 Å². The number of para-hydroxylation sites is 1. The molecule has 0 saturated heterocycles. The number of aromatic nitrogens is 1. The van der Waals surface area contributed by atoms with Crippen LogP contribution in [-0.2, 0) is 0 Å². The van der Waals surface area contributed by atoms with Crippen LogP contribution in [0, 0.1) is 0 Å². The number of nitrogens with zero attached hydrogens (tertiary/aromatic N) is 2. The third kappa shape index (κ3) is 4.17. The van der Waals surface area contributed by atoms with E-state index in [0.717, 1.165) is 16.4 Å². The molecule has 0 saturated carbocycles.